The molecule has 1 saturated carbocycles. The van der Waals surface area contributed by atoms with E-state index in [0.29, 0.717) is 12.6 Å². The van der Waals surface area contributed by atoms with Gasteiger partial charge in [0.1, 0.15) is 5.75 Å². The van der Waals surface area contributed by atoms with Crippen molar-refractivity contribution in [3.63, 3.8) is 0 Å². The lowest BCUT2D eigenvalue weighted by Crippen LogP contribution is -2.25. The summed E-state index contributed by atoms with van der Waals surface area (Å²) in [5.74, 6) is 7.79. The number of rotatable bonds is 3. The van der Waals surface area contributed by atoms with E-state index in [9.17, 15) is 0 Å². The summed E-state index contributed by atoms with van der Waals surface area (Å²) in [4.78, 5) is 0. The van der Waals surface area contributed by atoms with E-state index in [1.807, 2.05) is 6.07 Å². The Hall–Kier alpha value is -1.46. The second kappa shape index (κ2) is 7.36. The van der Waals surface area contributed by atoms with E-state index < -0.39 is 0 Å². The molecule has 0 radical (unpaired) electrons. The van der Waals surface area contributed by atoms with Crippen molar-refractivity contribution < 1.29 is 4.74 Å². The molecule has 0 bridgehead atoms. The van der Waals surface area contributed by atoms with E-state index in [4.69, 9.17) is 10.5 Å². The maximum Gasteiger partial charge on any atom is 0.135 e. The minimum absolute atomic E-state index is 0.342. The molecule has 1 aliphatic rings. The predicted molar refractivity (Wildman–Crippen MR) is 83.8 cm³/mol. The standard InChI is InChI=1S/C18H25NO/c1-3-15-6-4-8-17(13-15)20-18-10-9-14(2)12-16(18)7-5-11-19/h9-10,12,15,17H,3-4,6,8,11,13,19H2,1-2H3. The fourth-order valence-electron chi connectivity index (χ4n) is 2.89. The van der Waals surface area contributed by atoms with Crippen molar-refractivity contribution in [1.29, 1.82) is 0 Å². The van der Waals surface area contributed by atoms with Crippen molar-refractivity contribution >= 4 is 0 Å². The quantitative estimate of drug-likeness (QED) is 0.852. The molecule has 0 saturated heterocycles. The van der Waals surface area contributed by atoms with Gasteiger partial charge in [0.05, 0.1) is 18.2 Å². The van der Waals surface area contributed by atoms with Gasteiger partial charge < -0.3 is 10.5 Å². The second-order valence-corrected chi connectivity index (χ2v) is 5.69. The first-order valence-corrected chi connectivity index (χ1v) is 7.69. The molecule has 2 N–H and O–H groups in total. The maximum atomic E-state index is 6.23. The van der Waals surface area contributed by atoms with Crippen LogP contribution in [-0.2, 0) is 0 Å². The van der Waals surface area contributed by atoms with E-state index in [-0.39, 0.29) is 0 Å². The molecule has 2 heteroatoms. The molecule has 108 valence electrons. The van der Waals surface area contributed by atoms with Gasteiger partial charge in [0.2, 0.25) is 0 Å². The number of aryl methyl sites for hydroxylation is 1. The maximum absolute atomic E-state index is 6.23. The van der Waals surface area contributed by atoms with Crippen LogP contribution in [0.3, 0.4) is 0 Å². The topological polar surface area (TPSA) is 35.2 Å². The van der Waals surface area contributed by atoms with E-state index in [1.54, 1.807) is 0 Å². The largest absolute Gasteiger partial charge is 0.489 e. The van der Waals surface area contributed by atoms with E-state index in [1.165, 1.54) is 31.2 Å². The molecule has 0 aliphatic heterocycles. The number of nitrogens with two attached hydrogens (primary N) is 1. The molecule has 1 aromatic carbocycles. The highest BCUT2D eigenvalue weighted by atomic mass is 16.5. The third-order valence-corrected chi connectivity index (χ3v) is 4.07. The Bertz CT molecular complexity index is 498. The molecule has 0 heterocycles. The molecule has 1 fully saturated rings. The summed E-state index contributed by atoms with van der Waals surface area (Å²) in [6, 6.07) is 6.21. The molecular weight excluding hydrogens is 246 g/mol. The first-order chi connectivity index (χ1) is 9.72. The number of hydrogen-bond donors (Lipinski definition) is 1. The van der Waals surface area contributed by atoms with Gasteiger partial charge in [0.25, 0.3) is 0 Å². The lowest BCUT2D eigenvalue weighted by Gasteiger charge is -2.29. The van der Waals surface area contributed by atoms with Crippen LogP contribution in [0.1, 0.15) is 50.2 Å². The minimum atomic E-state index is 0.342. The summed E-state index contributed by atoms with van der Waals surface area (Å²) in [6.07, 6.45) is 6.56. The van der Waals surface area contributed by atoms with Crippen LogP contribution in [0.5, 0.6) is 5.75 Å². The molecule has 0 aromatic heterocycles. The summed E-state index contributed by atoms with van der Waals surface area (Å²) < 4.78 is 6.23. The highest BCUT2D eigenvalue weighted by molar-refractivity contribution is 5.48. The Morgan fingerprint density at radius 3 is 2.95 bits per heavy atom. The Balaban J connectivity index is 2.12. The van der Waals surface area contributed by atoms with Crippen molar-refractivity contribution in [3.05, 3.63) is 29.3 Å². The van der Waals surface area contributed by atoms with Gasteiger partial charge >= 0.3 is 0 Å². The van der Waals surface area contributed by atoms with E-state index in [0.717, 1.165) is 23.7 Å². The average molecular weight is 271 g/mol. The number of ether oxygens (including phenoxy) is 1. The predicted octanol–water partition coefficient (Wildman–Crippen LogP) is 3.65. The zero-order valence-corrected chi connectivity index (χ0v) is 12.6. The molecular formula is C18H25NO. The summed E-state index contributed by atoms with van der Waals surface area (Å²) in [5.41, 5.74) is 7.64. The van der Waals surface area contributed by atoms with Crippen molar-refractivity contribution in [1.82, 2.24) is 0 Å². The van der Waals surface area contributed by atoms with Crippen molar-refractivity contribution in [2.75, 3.05) is 6.54 Å². The van der Waals surface area contributed by atoms with Gasteiger partial charge in [-0.05, 0) is 49.8 Å². The van der Waals surface area contributed by atoms with Crippen LogP contribution in [0.4, 0.5) is 0 Å². The lowest BCUT2D eigenvalue weighted by molar-refractivity contribution is 0.122. The second-order valence-electron chi connectivity index (χ2n) is 5.69. The first kappa shape index (κ1) is 14.9. The molecule has 2 nitrogen and oxygen atoms in total. The van der Waals surface area contributed by atoms with Gasteiger partial charge in [-0.3, -0.25) is 0 Å². The van der Waals surface area contributed by atoms with Gasteiger partial charge in [-0.25, -0.2) is 0 Å². The van der Waals surface area contributed by atoms with Crippen LogP contribution in [-0.4, -0.2) is 12.6 Å². The molecule has 0 amide bonds. The Kier molecular flexibility index (Phi) is 5.49. The zero-order valence-electron chi connectivity index (χ0n) is 12.6. The van der Waals surface area contributed by atoms with Gasteiger partial charge in [-0.2, -0.15) is 0 Å². The minimum Gasteiger partial charge on any atom is -0.489 e. The van der Waals surface area contributed by atoms with Gasteiger partial charge in [-0.1, -0.05) is 37.7 Å². The Labute approximate surface area is 122 Å². The normalized spacial score (nSPS) is 21.9. The van der Waals surface area contributed by atoms with Crippen LogP contribution >= 0.6 is 0 Å². The Morgan fingerprint density at radius 1 is 1.35 bits per heavy atom. The van der Waals surface area contributed by atoms with E-state index >= 15 is 0 Å². The highest BCUT2D eigenvalue weighted by Gasteiger charge is 2.22. The highest BCUT2D eigenvalue weighted by Crippen LogP contribution is 2.30. The van der Waals surface area contributed by atoms with Crippen LogP contribution in [0.2, 0.25) is 0 Å². The molecule has 1 aliphatic carbocycles. The van der Waals surface area contributed by atoms with Crippen LogP contribution in [0.15, 0.2) is 18.2 Å². The molecule has 1 aromatic rings. The van der Waals surface area contributed by atoms with Crippen molar-refractivity contribution in [3.8, 4) is 17.6 Å². The summed E-state index contributed by atoms with van der Waals surface area (Å²) in [6.45, 7) is 4.73. The van der Waals surface area contributed by atoms with Crippen LogP contribution in [0, 0.1) is 24.7 Å². The molecule has 2 unspecified atom stereocenters. The fourth-order valence-corrected chi connectivity index (χ4v) is 2.89. The third kappa shape index (κ3) is 4.02. The van der Waals surface area contributed by atoms with Crippen molar-refractivity contribution in [2.45, 2.75) is 52.1 Å². The molecule has 2 atom stereocenters. The SMILES string of the molecule is CCC1CCCC(Oc2ccc(C)cc2C#CCN)C1. The van der Waals surface area contributed by atoms with Crippen LogP contribution < -0.4 is 10.5 Å². The first-order valence-electron chi connectivity index (χ1n) is 7.69. The van der Waals surface area contributed by atoms with Gasteiger partial charge in [0.15, 0.2) is 0 Å². The average Bonchev–Trinajstić information content (AvgIpc) is 2.47. The monoisotopic (exact) mass is 271 g/mol. The molecule has 0 spiro atoms. The number of hydrogen-bond acceptors (Lipinski definition) is 2. The lowest BCUT2D eigenvalue weighted by atomic mass is 9.85. The van der Waals surface area contributed by atoms with Crippen molar-refractivity contribution in [2.24, 2.45) is 11.7 Å². The smallest absolute Gasteiger partial charge is 0.135 e. The summed E-state index contributed by atoms with van der Waals surface area (Å²) in [7, 11) is 0. The number of benzene rings is 1. The Morgan fingerprint density at radius 2 is 2.20 bits per heavy atom. The fraction of sp³-hybridized carbons (Fsp3) is 0.556. The zero-order chi connectivity index (χ0) is 14.4. The van der Waals surface area contributed by atoms with Crippen LogP contribution in [0.25, 0.3) is 0 Å². The van der Waals surface area contributed by atoms with E-state index in [2.05, 4.69) is 37.8 Å². The molecule has 20 heavy (non-hydrogen) atoms. The van der Waals surface area contributed by atoms with Gasteiger partial charge in [-0.15, -0.1) is 0 Å². The third-order valence-electron chi connectivity index (χ3n) is 4.07. The van der Waals surface area contributed by atoms with Gasteiger partial charge in [0, 0.05) is 0 Å². The summed E-state index contributed by atoms with van der Waals surface area (Å²) in [5, 5.41) is 0. The molecule has 2 rings (SSSR count). The summed E-state index contributed by atoms with van der Waals surface area (Å²) >= 11 is 0.